The maximum absolute atomic E-state index is 12.5. The Kier molecular flexibility index (Phi) is 6.54. The van der Waals surface area contributed by atoms with Gasteiger partial charge < -0.3 is 15.2 Å². The Morgan fingerprint density at radius 1 is 1.04 bits per heavy atom. The molecule has 0 saturated heterocycles. The van der Waals surface area contributed by atoms with E-state index in [1.165, 1.54) is 12.0 Å². The molecule has 0 radical (unpaired) electrons. The van der Waals surface area contributed by atoms with Crippen LogP contribution in [-0.2, 0) is 20.7 Å². The van der Waals surface area contributed by atoms with E-state index in [0.717, 1.165) is 5.56 Å². The second-order valence-electron chi connectivity index (χ2n) is 5.39. The smallest absolute Gasteiger partial charge is 0.329 e. The van der Waals surface area contributed by atoms with Crippen LogP contribution >= 0.6 is 0 Å². The number of amides is 1. The first-order chi connectivity index (χ1) is 12.1. The number of hydrogen-bond acceptors (Lipinski definition) is 5. The van der Waals surface area contributed by atoms with Crippen molar-refractivity contribution in [3.8, 4) is 5.75 Å². The predicted molar refractivity (Wildman–Crippen MR) is 95.5 cm³/mol. The first kappa shape index (κ1) is 18.5. The van der Waals surface area contributed by atoms with Crippen LogP contribution in [0.1, 0.15) is 5.56 Å². The lowest BCUT2D eigenvalue weighted by Gasteiger charge is -2.30. The van der Waals surface area contributed by atoms with Gasteiger partial charge in [0.2, 0.25) is 5.91 Å². The molecule has 132 valence electrons. The van der Waals surface area contributed by atoms with Crippen LogP contribution in [0, 0.1) is 0 Å². The zero-order valence-corrected chi connectivity index (χ0v) is 14.3. The first-order valence-corrected chi connectivity index (χ1v) is 7.88. The Labute approximate surface area is 147 Å². The third-order valence-electron chi connectivity index (χ3n) is 3.85. The molecule has 0 spiro atoms. The first-order valence-electron chi connectivity index (χ1n) is 7.88. The molecule has 6 nitrogen and oxygen atoms in total. The third-order valence-corrected chi connectivity index (χ3v) is 3.85. The Hall–Kier alpha value is -2.86. The molecule has 0 unspecified atom stereocenters. The summed E-state index contributed by atoms with van der Waals surface area (Å²) in [6.07, 6.45) is 0.325. The normalized spacial score (nSPS) is 11.5. The molecule has 0 aliphatic carbocycles. The van der Waals surface area contributed by atoms with Crippen molar-refractivity contribution in [1.82, 2.24) is 0 Å². The van der Waals surface area contributed by atoms with E-state index >= 15 is 0 Å². The average Bonchev–Trinajstić information content (AvgIpc) is 2.67. The number of esters is 1. The molecule has 0 fully saturated rings. The lowest BCUT2D eigenvalue weighted by Crippen LogP contribution is -2.49. The van der Waals surface area contributed by atoms with E-state index in [1.54, 1.807) is 31.4 Å². The quantitative estimate of drug-likeness (QED) is 0.776. The van der Waals surface area contributed by atoms with Crippen molar-refractivity contribution in [2.45, 2.75) is 12.5 Å². The molecular formula is C19H22N2O4. The standard InChI is InChI=1S/C19H22N2O4/c1-24-16-10-8-15(9-11-16)21(18(22)13-20)17(19(23)25-2)12-14-6-4-3-5-7-14/h3-11,17H,12-13,20H2,1-2H3/t17-/m0/s1. The summed E-state index contributed by atoms with van der Waals surface area (Å²) in [6.45, 7) is -0.214. The zero-order chi connectivity index (χ0) is 18.2. The molecule has 1 amide bonds. The summed E-state index contributed by atoms with van der Waals surface area (Å²) in [4.78, 5) is 26.3. The van der Waals surface area contributed by atoms with E-state index in [4.69, 9.17) is 15.2 Å². The van der Waals surface area contributed by atoms with E-state index in [1.807, 2.05) is 30.3 Å². The molecule has 0 aromatic heterocycles. The lowest BCUT2D eigenvalue weighted by molar-refractivity contribution is -0.143. The van der Waals surface area contributed by atoms with Crippen LogP contribution in [-0.4, -0.2) is 38.7 Å². The number of rotatable bonds is 7. The van der Waals surface area contributed by atoms with Gasteiger partial charge in [-0.05, 0) is 29.8 Å². The van der Waals surface area contributed by atoms with Crippen molar-refractivity contribution in [3.05, 3.63) is 60.2 Å². The summed E-state index contributed by atoms with van der Waals surface area (Å²) in [6, 6.07) is 15.5. The van der Waals surface area contributed by atoms with Crippen molar-refractivity contribution in [2.75, 3.05) is 25.7 Å². The van der Waals surface area contributed by atoms with Gasteiger partial charge in [-0.3, -0.25) is 9.69 Å². The van der Waals surface area contributed by atoms with Crippen LogP contribution in [0.5, 0.6) is 5.75 Å². The number of nitrogens with zero attached hydrogens (tertiary/aromatic N) is 1. The van der Waals surface area contributed by atoms with Crippen LogP contribution < -0.4 is 15.4 Å². The number of anilines is 1. The van der Waals surface area contributed by atoms with Gasteiger partial charge in [0.05, 0.1) is 20.8 Å². The molecule has 0 bridgehead atoms. The number of benzene rings is 2. The summed E-state index contributed by atoms with van der Waals surface area (Å²) in [7, 11) is 2.86. The number of methoxy groups -OCH3 is 2. The predicted octanol–water partition coefficient (Wildman–Crippen LogP) is 1.77. The highest BCUT2D eigenvalue weighted by Gasteiger charge is 2.31. The van der Waals surface area contributed by atoms with Crippen molar-refractivity contribution in [1.29, 1.82) is 0 Å². The zero-order valence-electron chi connectivity index (χ0n) is 14.3. The Morgan fingerprint density at radius 3 is 2.20 bits per heavy atom. The summed E-state index contributed by atoms with van der Waals surface area (Å²) >= 11 is 0. The summed E-state index contributed by atoms with van der Waals surface area (Å²) in [5.41, 5.74) is 7.05. The number of ether oxygens (including phenoxy) is 2. The van der Waals surface area contributed by atoms with Crippen molar-refractivity contribution >= 4 is 17.6 Å². The third kappa shape index (κ3) is 4.58. The van der Waals surface area contributed by atoms with Crippen LogP contribution in [0.2, 0.25) is 0 Å². The highest BCUT2D eigenvalue weighted by Crippen LogP contribution is 2.23. The number of carbonyl (C=O) groups is 2. The van der Waals surface area contributed by atoms with Gasteiger partial charge in [-0.2, -0.15) is 0 Å². The number of nitrogens with two attached hydrogens (primary N) is 1. The monoisotopic (exact) mass is 342 g/mol. The molecule has 0 aliphatic heterocycles. The molecule has 2 aromatic carbocycles. The highest BCUT2D eigenvalue weighted by molar-refractivity contribution is 6.00. The molecule has 2 N–H and O–H groups in total. The maximum atomic E-state index is 12.5. The SMILES string of the molecule is COC(=O)[C@H](Cc1ccccc1)N(C(=O)CN)c1ccc(OC)cc1. The molecule has 0 aliphatic rings. The summed E-state index contributed by atoms with van der Waals surface area (Å²) < 4.78 is 10.1. The minimum atomic E-state index is -0.808. The van der Waals surface area contributed by atoms with Crippen molar-refractivity contribution < 1.29 is 19.1 Å². The van der Waals surface area contributed by atoms with Gasteiger partial charge >= 0.3 is 5.97 Å². The van der Waals surface area contributed by atoms with Crippen LogP contribution in [0.15, 0.2) is 54.6 Å². The molecule has 2 rings (SSSR count). The van der Waals surface area contributed by atoms with Crippen molar-refractivity contribution in [2.24, 2.45) is 5.73 Å². The average molecular weight is 342 g/mol. The topological polar surface area (TPSA) is 81.9 Å². The second-order valence-corrected chi connectivity index (χ2v) is 5.39. The molecule has 6 heteroatoms. The number of hydrogen-bond donors (Lipinski definition) is 1. The molecule has 0 heterocycles. The van der Waals surface area contributed by atoms with E-state index in [0.29, 0.717) is 17.9 Å². The minimum absolute atomic E-state index is 0.214. The van der Waals surface area contributed by atoms with E-state index in [9.17, 15) is 9.59 Å². The Morgan fingerprint density at radius 2 is 1.68 bits per heavy atom. The molecule has 2 aromatic rings. The van der Waals surface area contributed by atoms with E-state index in [-0.39, 0.29) is 12.5 Å². The molecule has 0 saturated carbocycles. The highest BCUT2D eigenvalue weighted by atomic mass is 16.5. The van der Waals surface area contributed by atoms with Gasteiger partial charge in [0, 0.05) is 12.1 Å². The molecular weight excluding hydrogens is 320 g/mol. The fourth-order valence-electron chi connectivity index (χ4n) is 2.59. The lowest BCUT2D eigenvalue weighted by atomic mass is 10.0. The number of carbonyl (C=O) groups excluding carboxylic acids is 2. The van der Waals surface area contributed by atoms with Crippen LogP contribution in [0.25, 0.3) is 0 Å². The van der Waals surface area contributed by atoms with Gasteiger partial charge in [0.1, 0.15) is 11.8 Å². The molecule has 25 heavy (non-hydrogen) atoms. The van der Waals surface area contributed by atoms with Crippen molar-refractivity contribution in [3.63, 3.8) is 0 Å². The van der Waals surface area contributed by atoms with Gasteiger partial charge in [0.15, 0.2) is 0 Å². The largest absolute Gasteiger partial charge is 0.497 e. The Balaban J connectivity index is 2.41. The summed E-state index contributed by atoms with van der Waals surface area (Å²) in [5.74, 6) is -0.209. The van der Waals surface area contributed by atoms with E-state index in [2.05, 4.69) is 0 Å². The van der Waals surface area contributed by atoms with Crippen LogP contribution in [0.4, 0.5) is 5.69 Å². The van der Waals surface area contributed by atoms with Gasteiger partial charge in [-0.1, -0.05) is 30.3 Å². The van der Waals surface area contributed by atoms with Gasteiger partial charge in [0.25, 0.3) is 0 Å². The maximum Gasteiger partial charge on any atom is 0.329 e. The van der Waals surface area contributed by atoms with Gasteiger partial charge in [-0.15, -0.1) is 0 Å². The van der Waals surface area contributed by atoms with Crippen LogP contribution in [0.3, 0.4) is 0 Å². The fourth-order valence-corrected chi connectivity index (χ4v) is 2.59. The Bertz CT molecular complexity index is 701. The fraction of sp³-hybridized carbons (Fsp3) is 0.263. The summed E-state index contributed by atoms with van der Waals surface area (Å²) in [5, 5.41) is 0. The molecule has 1 atom stereocenters. The van der Waals surface area contributed by atoms with E-state index < -0.39 is 12.0 Å². The second kappa shape index (κ2) is 8.84. The minimum Gasteiger partial charge on any atom is -0.497 e. The van der Waals surface area contributed by atoms with Gasteiger partial charge in [-0.25, -0.2) is 4.79 Å².